The summed E-state index contributed by atoms with van der Waals surface area (Å²) in [7, 11) is 0. The van der Waals surface area contributed by atoms with Crippen molar-refractivity contribution in [3.63, 3.8) is 0 Å². The first-order valence-electron chi connectivity index (χ1n) is 9.12. The van der Waals surface area contributed by atoms with Crippen LogP contribution in [0.3, 0.4) is 0 Å². The van der Waals surface area contributed by atoms with Crippen LogP contribution in [0.4, 0.5) is 0 Å². The van der Waals surface area contributed by atoms with E-state index < -0.39 is 0 Å². The van der Waals surface area contributed by atoms with Crippen LogP contribution in [0.15, 0.2) is 72.8 Å². The molecule has 0 bridgehead atoms. The molecule has 0 spiro atoms. The zero-order chi connectivity index (χ0) is 18.2. The van der Waals surface area contributed by atoms with E-state index in [2.05, 4.69) is 72.8 Å². The molecule has 1 aliphatic heterocycles. The highest BCUT2D eigenvalue weighted by atomic mass is 32.1. The van der Waals surface area contributed by atoms with Crippen LogP contribution in [0, 0.1) is 0 Å². The number of benzene rings is 3. The van der Waals surface area contributed by atoms with Crippen molar-refractivity contribution in [1.29, 1.82) is 0 Å². The van der Waals surface area contributed by atoms with E-state index in [1.807, 2.05) is 34.0 Å². The fourth-order valence-electron chi connectivity index (χ4n) is 4.09. The van der Waals surface area contributed by atoms with Crippen molar-refractivity contribution in [3.05, 3.63) is 72.8 Å². The molecule has 28 heavy (non-hydrogen) atoms. The van der Waals surface area contributed by atoms with Crippen LogP contribution in [0.5, 0.6) is 11.5 Å². The first-order chi connectivity index (χ1) is 13.9. The van der Waals surface area contributed by atoms with Gasteiger partial charge in [0.25, 0.3) is 0 Å². The highest BCUT2D eigenvalue weighted by Crippen LogP contribution is 2.60. The predicted molar refractivity (Wildman–Crippen MR) is 124 cm³/mol. The summed E-state index contributed by atoms with van der Waals surface area (Å²) in [5.41, 5.74) is 1.34. The third-order valence-corrected chi connectivity index (χ3v) is 8.99. The van der Waals surface area contributed by atoms with Crippen molar-refractivity contribution in [2.75, 3.05) is 0 Å². The fraction of sp³-hybridized carbons (Fsp3) is 0. The number of thiophene rings is 3. The number of rotatable bonds is 0. The van der Waals surface area contributed by atoms with E-state index in [1.165, 1.54) is 50.5 Å². The molecule has 132 valence electrons. The van der Waals surface area contributed by atoms with Crippen molar-refractivity contribution in [1.82, 2.24) is 0 Å². The molecule has 0 amide bonds. The number of hydrogen-bond acceptors (Lipinski definition) is 4. The molecule has 0 aliphatic carbocycles. The second-order valence-electron chi connectivity index (χ2n) is 6.92. The van der Waals surface area contributed by atoms with Crippen molar-refractivity contribution < 1.29 is 4.74 Å². The van der Waals surface area contributed by atoms with Crippen LogP contribution in [0.25, 0.3) is 50.5 Å². The Balaban J connectivity index is 1.72. The van der Waals surface area contributed by atoms with Gasteiger partial charge in [0, 0.05) is 35.8 Å². The van der Waals surface area contributed by atoms with Crippen LogP contribution in [-0.2, 0) is 0 Å². The maximum absolute atomic E-state index is 6.73. The fourth-order valence-corrected chi connectivity index (χ4v) is 7.83. The molecule has 4 heteroatoms. The molecule has 0 saturated carbocycles. The average molecular weight is 413 g/mol. The molecule has 1 nitrogen and oxygen atoms in total. The van der Waals surface area contributed by atoms with E-state index in [1.54, 1.807) is 0 Å². The molecular weight excluding hydrogens is 400 g/mol. The Labute approximate surface area is 173 Å². The lowest BCUT2D eigenvalue weighted by molar-refractivity contribution is 0.502. The number of hydrogen-bond donors (Lipinski definition) is 0. The van der Waals surface area contributed by atoms with E-state index in [9.17, 15) is 0 Å². The lowest BCUT2D eigenvalue weighted by atomic mass is 10.1. The maximum Gasteiger partial charge on any atom is 0.154 e. The standard InChI is InChI=1S/C24H12OS3/c1-4-10-16-13(7-1)19-22-20(14-8-2-5-11-17(14)26-22)25-21-15-9-3-6-12-18(15)28-24(21)23(19)27-16/h1-12H. The topological polar surface area (TPSA) is 9.23 Å². The SMILES string of the molecule is c1ccc2c3c(sc2c1)-c1sc2ccccc2c1-c1sc2ccccc2c1O3. The van der Waals surface area contributed by atoms with Crippen LogP contribution in [0.2, 0.25) is 0 Å². The summed E-state index contributed by atoms with van der Waals surface area (Å²) in [6, 6.07) is 25.9. The van der Waals surface area contributed by atoms with Crippen molar-refractivity contribution >= 4 is 64.3 Å². The number of fused-ring (bicyclic) bond motifs is 11. The lowest BCUT2D eigenvalue weighted by Crippen LogP contribution is -1.82. The number of ether oxygens (including phenoxy) is 1. The molecule has 4 heterocycles. The summed E-state index contributed by atoms with van der Waals surface area (Å²) < 4.78 is 10.6. The van der Waals surface area contributed by atoms with E-state index in [-0.39, 0.29) is 0 Å². The normalized spacial score (nSPS) is 12.6. The molecular formula is C24H12OS3. The molecule has 3 aromatic carbocycles. The van der Waals surface area contributed by atoms with Crippen molar-refractivity contribution in [2.24, 2.45) is 0 Å². The van der Waals surface area contributed by atoms with Gasteiger partial charge >= 0.3 is 0 Å². The van der Waals surface area contributed by atoms with Gasteiger partial charge in [-0.3, -0.25) is 0 Å². The van der Waals surface area contributed by atoms with Gasteiger partial charge in [-0.15, -0.1) is 34.0 Å². The summed E-state index contributed by atoms with van der Waals surface area (Å²) in [6.07, 6.45) is 0. The monoisotopic (exact) mass is 412 g/mol. The Morgan fingerprint density at radius 2 is 0.929 bits per heavy atom. The van der Waals surface area contributed by atoms with Gasteiger partial charge in [-0.2, -0.15) is 0 Å². The quantitative estimate of drug-likeness (QED) is 0.242. The van der Waals surface area contributed by atoms with Gasteiger partial charge in [-0.1, -0.05) is 42.5 Å². The van der Waals surface area contributed by atoms with Crippen LogP contribution in [-0.4, -0.2) is 0 Å². The minimum absolute atomic E-state index is 1.01. The molecule has 7 rings (SSSR count). The zero-order valence-corrected chi connectivity index (χ0v) is 17.0. The predicted octanol–water partition coefficient (Wildman–Crippen LogP) is 8.77. The van der Waals surface area contributed by atoms with Gasteiger partial charge in [-0.05, 0) is 30.3 Å². The molecule has 0 N–H and O–H groups in total. The Morgan fingerprint density at radius 1 is 0.464 bits per heavy atom. The molecule has 0 saturated heterocycles. The van der Waals surface area contributed by atoms with Gasteiger partial charge in [0.2, 0.25) is 0 Å². The molecule has 0 atom stereocenters. The van der Waals surface area contributed by atoms with E-state index in [4.69, 9.17) is 4.74 Å². The molecule has 6 aromatic rings. The van der Waals surface area contributed by atoms with E-state index in [0.29, 0.717) is 0 Å². The highest BCUT2D eigenvalue weighted by Gasteiger charge is 2.30. The summed E-state index contributed by atoms with van der Waals surface area (Å²) in [5.74, 6) is 2.02. The molecule has 0 fully saturated rings. The van der Waals surface area contributed by atoms with Gasteiger partial charge in [0.1, 0.15) is 0 Å². The Kier molecular flexibility index (Phi) is 2.97. The summed E-state index contributed by atoms with van der Waals surface area (Å²) in [4.78, 5) is 3.84. The minimum Gasteiger partial charge on any atom is -0.453 e. The second-order valence-corrected chi connectivity index (χ2v) is 10.1. The second kappa shape index (κ2) is 5.45. The lowest BCUT2D eigenvalue weighted by Gasteiger charge is -2.05. The van der Waals surface area contributed by atoms with Crippen molar-refractivity contribution in [2.45, 2.75) is 0 Å². The summed E-state index contributed by atoms with van der Waals surface area (Å²) >= 11 is 5.56. The van der Waals surface area contributed by atoms with Crippen LogP contribution in [0.1, 0.15) is 0 Å². The third kappa shape index (κ3) is 1.90. The van der Waals surface area contributed by atoms with Crippen LogP contribution >= 0.6 is 34.0 Å². The average Bonchev–Trinajstić information content (AvgIpc) is 3.38. The molecule has 3 aromatic heterocycles. The van der Waals surface area contributed by atoms with Gasteiger partial charge in [0.15, 0.2) is 11.5 Å². The largest absolute Gasteiger partial charge is 0.453 e. The Hall–Kier alpha value is -2.66. The zero-order valence-electron chi connectivity index (χ0n) is 14.6. The van der Waals surface area contributed by atoms with Crippen molar-refractivity contribution in [3.8, 4) is 31.7 Å². The molecule has 0 unspecified atom stereocenters. The maximum atomic E-state index is 6.73. The highest BCUT2D eigenvalue weighted by molar-refractivity contribution is 7.30. The van der Waals surface area contributed by atoms with Gasteiger partial charge in [0.05, 0.1) is 14.6 Å². The smallest absolute Gasteiger partial charge is 0.154 e. The first-order valence-corrected chi connectivity index (χ1v) is 11.6. The Morgan fingerprint density at radius 3 is 1.61 bits per heavy atom. The third-order valence-electron chi connectivity index (χ3n) is 5.33. The van der Waals surface area contributed by atoms with E-state index >= 15 is 0 Å². The minimum atomic E-state index is 1.01. The summed E-state index contributed by atoms with van der Waals surface area (Å²) in [5, 5.41) is 3.73. The Bertz CT molecular complexity index is 1550. The van der Waals surface area contributed by atoms with Gasteiger partial charge in [-0.25, -0.2) is 0 Å². The van der Waals surface area contributed by atoms with Crippen LogP contribution < -0.4 is 4.74 Å². The first kappa shape index (κ1) is 15.3. The van der Waals surface area contributed by atoms with Gasteiger partial charge < -0.3 is 4.74 Å². The molecule has 1 aliphatic rings. The van der Waals surface area contributed by atoms with E-state index in [0.717, 1.165) is 11.5 Å². The molecule has 0 radical (unpaired) electrons. The summed E-state index contributed by atoms with van der Waals surface area (Å²) in [6.45, 7) is 0.